The van der Waals surface area contributed by atoms with Crippen LogP contribution in [0.25, 0.3) is 11.0 Å². The molecule has 2 heterocycles. The van der Waals surface area contributed by atoms with E-state index in [0.29, 0.717) is 43.9 Å². The van der Waals surface area contributed by atoms with Crippen LogP contribution in [0.15, 0.2) is 62.2 Å². The molecule has 4 rings (SSSR count). The Morgan fingerprint density at radius 3 is 2.46 bits per heavy atom. The van der Waals surface area contributed by atoms with Crippen LogP contribution < -0.4 is 5.63 Å². The monoisotopic (exact) mass is 444 g/mol. The van der Waals surface area contributed by atoms with E-state index in [1.807, 2.05) is 12.1 Å². The van der Waals surface area contributed by atoms with Crippen molar-refractivity contribution in [1.29, 1.82) is 0 Å². The van der Waals surface area contributed by atoms with Crippen LogP contribution in [0.5, 0.6) is 0 Å². The molecule has 0 atom stereocenters. The standard InChI is InChI=1S/C21H18BrFN2O3/c22-16-3-6-18-15(11-20(26)28-19(18)12-16)13-24-7-9-25(10-8-24)21(27)14-1-4-17(23)5-2-14/h1-6,11-12H,7-10,13H2. The number of piperazine rings is 1. The zero-order chi connectivity index (χ0) is 19.7. The topological polar surface area (TPSA) is 53.8 Å². The lowest BCUT2D eigenvalue weighted by atomic mass is 10.1. The lowest BCUT2D eigenvalue weighted by Crippen LogP contribution is -2.48. The zero-order valence-corrected chi connectivity index (χ0v) is 16.6. The van der Waals surface area contributed by atoms with Crippen LogP contribution in [0.2, 0.25) is 0 Å². The summed E-state index contributed by atoms with van der Waals surface area (Å²) in [6.45, 7) is 3.18. The van der Waals surface area contributed by atoms with E-state index in [-0.39, 0.29) is 17.3 Å². The van der Waals surface area contributed by atoms with Gasteiger partial charge in [-0.3, -0.25) is 9.69 Å². The Kier molecular flexibility index (Phi) is 5.28. The fourth-order valence-electron chi connectivity index (χ4n) is 3.46. The van der Waals surface area contributed by atoms with Crippen molar-refractivity contribution < 1.29 is 13.6 Å². The second-order valence-electron chi connectivity index (χ2n) is 6.81. The number of amides is 1. The normalized spacial score (nSPS) is 15.1. The van der Waals surface area contributed by atoms with Crippen molar-refractivity contribution in [3.8, 4) is 0 Å². The third-order valence-electron chi connectivity index (χ3n) is 4.94. The molecule has 0 unspecified atom stereocenters. The Balaban J connectivity index is 1.45. The molecular weight excluding hydrogens is 427 g/mol. The SMILES string of the molecule is O=C(c1ccc(F)cc1)N1CCN(Cc2cc(=O)oc3cc(Br)ccc23)CC1. The number of carbonyl (C=O) groups is 1. The van der Waals surface area contributed by atoms with Gasteiger partial charge in [-0.1, -0.05) is 15.9 Å². The molecule has 0 N–H and O–H groups in total. The van der Waals surface area contributed by atoms with Crippen molar-refractivity contribution >= 4 is 32.8 Å². The van der Waals surface area contributed by atoms with Gasteiger partial charge in [-0.25, -0.2) is 9.18 Å². The maximum Gasteiger partial charge on any atom is 0.336 e. The van der Waals surface area contributed by atoms with E-state index in [1.165, 1.54) is 30.3 Å². The van der Waals surface area contributed by atoms with Crippen LogP contribution in [0.4, 0.5) is 4.39 Å². The summed E-state index contributed by atoms with van der Waals surface area (Å²) < 4.78 is 19.2. The van der Waals surface area contributed by atoms with Gasteiger partial charge in [0.15, 0.2) is 0 Å². The third-order valence-corrected chi connectivity index (χ3v) is 5.43. The molecule has 3 aromatic rings. The molecule has 5 nitrogen and oxygen atoms in total. The summed E-state index contributed by atoms with van der Waals surface area (Å²) in [5.74, 6) is -0.441. The summed E-state index contributed by atoms with van der Waals surface area (Å²) in [5, 5.41) is 0.910. The number of fused-ring (bicyclic) bond motifs is 1. The van der Waals surface area contributed by atoms with E-state index in [4.69, 9.17) is 4.42 Å². The van der Waals surface area contributed by atoms with Crippen LogP contribution >= 0.6 is 15.9 Å². The van der Waals surface area contributed by atoms with Gasteiger partial charge in [-0.2, -0.15) is 0 Å². The minimum atomic E-state index is -0.370. The number of nitrogens with zero attached hydrogens (tertiary/aromatic N) is 2. The Hall–Kier alpha value is -2.51. The number of carbonyl (C=O) groups excluding carboxylic acids is 1. The highest BCUT2D eigenvalue weighted by Crippen LogP contribution is 2.23. The highest BCUT2D eigenvalue weighted by molar-refractivity contribution is 9.10. The van der Waals surface area contributed by atoms with E-state index < -0.39 is 0 Å². The van der Waals surface area contributed by atoms with Gasteiger partial charge in [0.1, 0.15) is 11.4 Å². The third kappa shape index (κ3) is 4.00. The minimum absolute atomic E-state index is 0.0877. The Labute approximate surface area is 169 Å². The minimum Gasteiger partial charge on any atom is -0.423 e. The molecule has 28 heavy (non-hydrogen) atoms. The predicted molar refractivity (Wildman–Crippen MR) is 108 cm³/mol. The summed E-state index contributed by atoms with van der Waals surface area (Å²) in [5.41, 5.74) is 1.59. The fraction of sp³-hybridized carbons (Fsp3) is 0.238. The summed E-state index contributed by atoms with van der Waals surface area (Å²) in [6.07, 6.45) is 0. The van der Waals surface area contributed by atoms with Crippen molar-refractivity contribution in [2.75, 3.05) is 26.2 Å². The number of rotatable bonds is 3. The highest BCUT2D eigenvalue weighted by Gasteiger charge is 2.23. The maximum atomic E-state index is 13.0. The molecular formula is C21H18BrFN2O3. The van der Waals surface area contributed by atoms with E-state index >= 15 is 0 Å². The molecule has 0 saturated carbocycles. The largest absolute Gasteiger partial charge is 0.423 e. The molecule has 1 aliphatic heterocycles. The van der Waals surface area contributed by atoms with Gasteiger partial charge in [0, 0.05) is 54.2 Å². The average molecular weight is 445 g/mol. The quantitative estimate of drug-likeness (QED) is 0.578. The van der Waals surface area contributed by atoms with Gasteiger partial charge in [-0.15, -0.1) is 0 Å². The second-order valence-corrected chi connectivity index (χ2v) is 7.72. The molecule has 0 aliphatic carbocycles. The van der Waals surface area contributed by atoms with Gasteiger partial charge in [0.05, 0.1) is 0 Å². The van der Waals surface area contributed by atoms with Crippen molar-refractivity contribution in [3.63, 3.8) is 0 Å². The van der Waals surface area contributed by atoms with Gasteiger partial charge in [0.25, 0.3) is 5.91 Å². The fourth-order valence-corrected chi connectivity index (χ4v) is 3.80. The van der Waals surface area contributed by atoms with E-state index in [9.17, 15) is 14.0 Å². The van der Waals surface area contributed by atoms with Crippen molar-refractivity contribution in [2.45, 2.75) is 6.54 Å². The van der Waals surface area contributed by atoms with Gasteiger partial charge < -0.3 is 9.32 Å². The molecule has 1 aromatic heterocycles. The van der Waals surface area contributed by atoms with E-state index in [0.717, 1.165) is 15.4 Å². The molecule has 1 saturated heterocycles. The number of halogens is 2. The Bertz CT molecular complexity index is 1070. The van der Waals surface area contributed by atoms with Crippen molar-refractivity contribution in [3.05, 3.63) is 80.4 Å². The van der Waals surface area contributed by atoms with E-state index in [1.54, 1.807) is 11.0 Å². The summed E-state index contributed by atoms with van der Waals surface area (Å²) >= 11 is 3.39. The highest BCUT2D eigenvalue weighted by atomic mass is 79.9. The predicted octanol–water partition coefficient (Wildman–Crippen LogP) is 3.65. The van der Waals surface area contributed by atoms with Crippen LogP contribution in [-0.2, 0) is 6.54 Å². The first-order chi connectivity index (χ1) is 13.5. The van der Waals surface area contributed by atoms with Crippen LogP contribution in [0.3, 0.4) is 0 Å². The molecule has 144 valence electrons. The number of hydrogen-bond donors (Lipinski definition) is 0. The summed E-state index contributed by atoms with van der Waals surface area (Å²) in [4.78, 5) is 28.4. The first-order valence-corrected chi connectivity index (χ1v) is 9.78. The van der Waals surface area contributed by atoms with Crippen molar-refractivity contribution in [2.24, 2.45) is 0 Å². The lowest BCUT2D eigenvalue weighted by Gasteiger charge is -2.35. The van der Waals surface area contributed by atoms with Gasteiger partial charge >= 0.3 is 5.63 Å². The number of benzene rings is 2. The second kappa shape index (κ2) is 7.85. The zero-order valence-electron chi connectivity index (χ0n) is 15.0. The van der Waals surface area contributed by atoms with Crippen LogP contribution in [0.1, 0.15) is 15.9 Å². The first-order valence-electron chi connectivity index (χ1n) is 8.99. The molecule has 7 heteroatoms. The van der Waals surface area contributed by atoms with Crippen LogP contribution in [-0.4, -0.2) is 41.9 Å². The molecule has 2 aromatic carbocycles. The lowest BCUT2D eigenvalue weighted by molar-refractivity contribution is 0.0629. The number of hydrogen-bond acceptors (Lipinski definition) is 4. The first kappa shape index (κ1) is 18.8. The van der Waals surface area contributed by atoms with Crippen LogP contribution in [0, 0.1) is 5.82 Å². The van der Waals surface area contributed by atoms with Crippen molar-refractivity contribution in [1.82, 2.24) is 9.80 Å². The van der Waals surface area contributed by atoms with Gasteiger partial charge in [-0.05, 0) is 48.0 Å². The average Bonchev–Trinajstić information content (AvgIpc) is 2.68. The smallest absolute Gasteiger partial charge is 0.336 e. The van der Waals surface area contributed by atoms with Gasteiger partial charge in [0.2, 0.25) is 0 Å². The molecule has 1 fully saturated rings. The molecule has 0 spiro atoms. The maximum absolute atomic E-state index is 13.0. The Morgan fingerprint density at radius 1 is 1.04 bits per heavy atom. The molecule has 1 aliphatic rings. The molecule has 1 amide bonds. The summed E-state index contributed by atoms with van der Waals surface area (Å²) in [7, 11) is 0. The molecule has 0 bridgehead atoms. The Morgan fingerprint density at radius 2 is 1.75 bits per heavy atom. The van der Waals surface area contributed by atoms with E-state index in [2.05, 4.69) is 20.8 Å². The summed E-state index contributed by atoms with van der Waals surface area (Å²) in [6, 6.07) is 12.8. The molecule has 0 radical (unpaired) electrons.